The second-order valence-electron chi connectivity index (χ2n) is 10.1. The van der Waals surface area contributed by atoms with Crippen LogP contribution in [-0.2, 0) is 9.31 Å². The van der Waals surface area contributed by atoms with Crippen molar-refractivity contribution in [2.24, 2.45) is 0 Å². The van der Waals surface area contributed by atoms with E-state index in [1.165, 1.54) is 12.0 Å². The predicted octanol–water partition coefficient (Wildman–Crippen LogP) is 8.46. The van der Waals surface area contributed by atoms with Crippen molar-refractivity contribution in [3.8, 4) is 11.1 Å². The first-order valence-electron chi connectivity index (χ1n) is 12.5. The van der Waals surface area contributed by atoms with Crippen LogP contribution in [0.3, 0.4) is 0 Å². The molecule has 1 heterocycles. The zero-order valence-electron chi connectivity index (χ0n) is 22.5. The van der Waals surface area contributed by atoms with Crippen molar-refractivity contribution in [1.82, 2.24) is 0 Å². The summed E-state index contributed by atoms with van der Waals surface area (Å²) in [6, 6.07) is 14.8. The summed E-state index contributed by atoms with van der Waals surface area (Å²) >= 11 is 0. The molecule has 0 saturated carbocycles. The molecule has 182 valence electrons. The van der Waals surface area contributed by atoms with Gasteiger partial charge in [-0.2, -0.15) is 0 Å². The van der Waals surface area contributed by atoms with Crippen LogP contribution >= 0.6 is 0 Å². The first kappa shape index (κ1) is 26.7. The van der Waals surface area contributed by atoms with E-state index in [0.29, 0.717) is 0 Å². The van der Waals surface area contributed by atoms with Crippen LogP contribution < -0.4 is 5.46 Å². The highest BCUT2D eigenvalue weighted by atomic mass is 16.7. The maximum atomic E-state index is 6.49. The third-order valence-corrected chi connectivity index (χ3v) is 7.03. The highest BCUT2D eigenvalue weighted by molar-refractivity contribution is 6.66. The third-order valence-electron chi connectivity index (χ3n) is 7.03. The summed E-state index contributed by atoms with van der Waals surface area (Å²) in [5, 5.41) is 2.23. The molecular formula is C32H39BO2. The number of rotatable bonds is 5. The molecule has 0 N–H and O–H groups in total. The Morgan fingerprint density at radius 3 is 1.77 bits per heavy atom. The molecule has 3 heteroatoms. The fourth-order valence-corrected chi connectivity index (χ4v) is 4.61. The fraction of sp³-hybridized carbons (Fsp3) is 0.312. The van der Waals surface area contributed by atoms with Crippen LogP contribution in [0.4, 0.5) is 0 Å². The Morgan fingerprint density at radius 1 is 0.743 bits per heavy atom. The molecule has 0 bridgehead atoms. The maximum absolute atomic E-state index is 6.49. The van der Waals surface area contributed by atoms with Gasteiger partial charge >= 0.3 is 7.12 Å². The molecule has 3 aromatic rings. The highest BCUT2D eigenvalue weighted by Crippen LogP contribution is 2.41. The Kier molecular flexibility index (Phi) is 7.94. The SMILES string of the molecule is C=Cc1c(C)cccc1-c1c(C=C)c(C=C)c(B2OC(C)(C)C(C)(C)O2)c2ccccc12.CCC. The van der Waals surface area contributed by atoms with Gasteiger partial charge in [0.05, 0.1) is 11.2 Å². The molecule has 1 aliphatic rings. The molecule has 0 atom stereocenters. The zero-order valence-corrected chi connectivity index (χ0v) is 22.5. The molecular weight excluding hydrogens is 427 g/mol. The monoisotopic (exact) mass is 466 g/mol. The molecule has 1 aliphatic heterocycles. The van der Waals surface area contributed by atoms with Gasteiger partial charge in [0.2, 0.25) is 0 Å². The van der Waals surface area contributed by atoms with Crippen LogP contribution in [0.25, 0.3) is 40.1 Å². The Hall–Kier alpha value is -2.88. The number of aryl methyl sites for hydroxylation is 1. The summed E-state index contributed by atoms with van der Waals surface area (Å²) in [4.78, 5) is 0. The van der Waals surface area contributed by atoms with Gasteiger partial charge in [-0.25, -0.2) is 0 Å². The van der Waals surface area contributed by atoms with E-state index in [1.54, 1.807) is 0 Å². The van der Waals surface area contributed by atoms with Crippen LogP contribution in [0.1, 0.15) is 70.2 Å². The quantitative estimate of drug-likeness (QED) is 0.351. The van der Waals surface area contributed by atoms with Crippen molar-refractivity contribution in [3.05, 3.63) is 84.5 Å². The smallest absolute Gasteiger partial charge is 0.399 e. The molecule has 0 aliphatic carbocycles. The highest BCUT2D eigenvalue weighted by Gasteiger charge is 2.52. The van der Waals surface area contributed by atoms with Crippen molar-refractivity contribution in [1.29, 1.82) is 0 Å². The first-order chi connectivity index (χ1) is 16.6. The summed E-state index contributed by atoms with van der Waals surface area (Å²) in [7, 11) is -0.498. The molecule has 0 aromatic heterocycles. The second kappa shape index (κ2) is 10.4. The van der Waals surface area contributed by atoms with Crippen molar-refractivity contribution in [3.63, 3.8) is 0 Å². The van der Waals surface area contributed by atoms with E-state index in [4.69, 9.17) is 9.31 Å². The Balaban J connectivity index is 0.00000108. The van der Waals surface area contributed by atoms with Crippen LogP contribution in [-0.4, -0.2) is 18.3 Å². The molecule has 0 spiro atoms. The third kappa shape index (κ3) is 4.68. The first-order valence-corrected chi connectivity index (χ1v) is 12.5. The second-order valence-corrected chi connectivity index (χ2v) is 10.1. The minimum absolute atomic E-state index is 0.434. The largest absolute Gasteiger partial charge is 0.496 e. The molecule has 3 aromatic carbocycles. The number of hydrogen-bond donors (Lipinski definition) is 0. The van der Waals surface area contributed by atoms with Crippen LogP contribution in [0, 0.1) is 6.92 Å². The lowest BCUT2D eigenvalue weighted by Crippen LogP contribution is -2.41. The average Bonchev–Trinajstić information content (AvgIpc) is 3.03. The van der Waals surface area contributed by atoms with E-state index in [-0.39, 0.29) is 0 Å². The Morgan fingerprint density at radius 2 is 1.26 bits per heavy atom. The summed E-state index contributed by atoms with van der Waals surface area (Å²) in [5.74, 6) is 0. The lowest BCUT2D eigenvalue weighted by Gasteiger charge is -2.32. The van der Waals surface area contributed by atoms with Gasteiger partial charge in [0.1, 0.15) is 0 Å². The van der Waals surface area contributed by atoms with Crippen LogP contribution in [0.5, 0.6) is 0 Å². The van der Waals surface area contributed by atoms with Crippen LogP contribution in [0.15, 0.2) is 62.2 Å². The summed E-state index contributed by atoms with van der Waals surface area (Å²) < 4.78 is 13.0. The van der Waals surface area contributed by atoms with E-state index >= 15 is 0 Å². The van der Waals surface area contributed by atoms with Gasteiger partial charge in [-0.1, -0.05) is 101 Å². The van der Waals surface area contributed by atoms with E-state index in [1.807, 2.05) is 18.2 Å². The number of benzene rings is 3. The van der Waals surface area contributed by atoms with E-state index in [0.717, 1.165) is 44.1 Å². The van der Waals surface area contributed by atoms with Gasteiger partial charge in [0.25, 0.3) is 0 Å². The Bertz CT molecular complexity index is 1250. The maximum Gasteiger partial charge on any atom is 0.496 e. The van der Waals surface area contributed by atoms with E-state index in [2.05, 4.69) is 111 Å². The van der Waals surface area contributed by atoms with Crippen molar-refractivity contribution in [2.75, 3.05) is 0 Å². The molecule has 35 heavy (non-hydrogen) atoms. The van der Waals surface area contributed by atoms with E-state index < -0.39 is 18.3 Å². The van der Waals surface area contributed by atoms with Crippen molar-refractivity contribution >= 4 is 41.6 Å². The van der Waals surface area contributed by atoms with Gasteiger partial charge in [-0.3, -0.25) is 0 Å². The average molecular weight is 466 g/mol. The van der Waals surface area contributed by atoms with Crippen molar-refractivity contribution < 1.29 is 9.31 Å². The lowest BCUT2D eigenvalue weighted by atomic mass is 9.69. The topological polar surface area (TPSA) is 18.5 Å². The molecule has 1 saturated heterocycles. The van der Waals surface area contributed by atoms with Crippen molar-refractivity contribution in [2.45, 2.75) is 66.1 Å². The summed E-state index contributed by atoms with van der Waals surface area (Å²) in [5.41, 5.74) is 6.72. The van der Waals surface area contributed by atoms with Gasteiger partial charge in [-0.05, 0) is 84.2 Å². The van der Waals surface area contributed by atoms with E-state index in [9.17, 15) is 0 Å². The summed E-state index contributed by atoms with van der Waals surface area (Å²) in [6.07, 6.45) is 7.00. The summed E-state index contributed by atoms with van der Waals surface area (Å²) in [6.45, 7) is 27.1. The zero-order chi connectivity index (χ0) is 26.0. The Labute approximate surface area is 212 Å². The van der Waals surface area contributed by atoms with Gasteiger partial charge in [0, 0.05) is 0 Å². The standard InChI is InChI=1S/C29H31BO2.C3H8/c1-9-20-19(4)15-14-18-23(20)26-21(10-2)22(11-3)27(25-17-13-12-16-24(25)26)30-31-28(5,6)29(7,8)32-30;1-3-2/h9-18H,1-3H2,4-8H3;3H2,1-2H3. The van der Waals surface area contributed by atoms with Crippen LogP contribution in [0.2, 0.25) is 0 Å². The molecule has 1 fully saturated rings. The molecule has 0 unspecified atom stereocenters. The van der Waals surface area contributed by atoms with Gasteiger partial charge in [0.15, 0.2) is 0 Å². The molecule has 0 amide bonds. The molecule has 2 nitrogen and oxygen atoms in total. The lowest BCUT2D eigenvalue weighted by molar-refractivity contribution is 0.00578. The minimum Gasteiger partial charge on any atom is -0.399 e. The fourth-order valence-electron chi connectivity index (χ4n) is 4.61. The van der Waals surface area contributed by atoms with Gasteiger partial charge in [-0.15, -0.1) is 0 Å². The number of hydrogen-bond acceptors (Lipinski definition) is 2. The normalized spacial score (nSPS) is 15.9. The molecule has 0 radical (unpaired) electrons. The molecule has 4 rings (SSSR count). The van der Waals surface area contributed by atoms with Gasteiger partial charge < -0.3 is 9.31 Å². The number of fused-ring (bicyclic) bond motifs is 1. The minimum atomic E-state index is -0.498. The predicted molar refractivity (Wildman–Crippen MR) is 156 cm³/mol.